The largest absolute Gasteiger partial charge is 0.458 e. The van der Waals surface area contributed by atoms with Gasteiger partial charge in [0.15, 0.2) is 23.9 Å². The fraction of sp³-hybridized carbons (Fsp3) is 0.385. The van der Waals surface area contributed by atoms with Crippen LogP contribution >= 0.6 is 23.2 Å². The van der Waals surface area contributed by atoms with Crippen molar-refractivity contribution in [1.82, 2.24) is 0 Å². The Kier molecular flexibility index (Phi) is 8.95. The highest BCUT2D eigenvalue weighted by molar-refractivity contribution is 6.38. The van der Waals surface area contributed by atoms with Gasteiger partial charge in [-0.15, -0.1) is 0 Å². The summed E-state index contributed by atoms with van der Waals surface area (Å²) in [5.41, 5.74) is 1.79. The van der Waals surface area contributed by atoms with Crippen LogP contribution < -0.4 is 10.0 Å². The van der Waals surface area contributed by atoms with Crippen molar-refractivity contribution in [2.75, 3.05) is 49.7 Å². The highest BCUT2D eigenvalue weighted by Crippen LogP contribution is 2.28. The Hall–Kier alpha value is -3.22. The zero-order valence-electron chi connectivity index (χ0n) is 20.8. The van der Waals surface area contributed by atoms with Crippen molar-refractivity contribution in [2.24, 2.45) is 10.2 Å². The first-order valence-corrected chi connectivity index (χ1v) is 13.1. The predicted octanol–water partition coefficient (Wildman–Crippen LogP) is 3.63. The number of benzene rings is 2. The van der Waals surface area contributed by atoms with Gasteiger partial charge in [0.1, 0.15) is 13.2 Å². The van der Waals surface area contributed by atoms with Gasteiger partial charge < -0.3 is 23.7 Å². The highest BCUT2D eigenvalue weighted by Gasteiger charge is 2.34. The normalized spacial score (nSPS) is 23.2. The number of hydrogen-bond donors (Lipinski definition) is 0. The van der Waals surface area contributed by atoms with E-state index in [4.69, 9.17) is 46.9 Å². The van der Waals surface area contributed by atoms with Crippen molar-refractivity contribution in [3.05, 3.63) is 58.6 Å². The molecule has 3 heterocycles. The molecule has 1 saturated heterocycles. The summed E-state index contributed by atoms with van der Waals surface area (Å²) in [6.07, 6.45) is -0.641. The van der Waals surface area contributed by atoms with Crippen molar-refractivity contribution >= 4 is 57.9 Å². The van der Waals surface area contributed by atoms with Gasteiger partial charge in [-0.2, -0.15) is 10.2 Å². The number of hydrazone groups is 2. The zero-order valence-corrected chi connectivity index (χ0v) is 22.3. The minimum Gasteiger partial charge on any atom is -0.458 e. The fourth-order valence-corrected chi connectivity index (χ4v) is 4.39. The maximum atomic E-state index is 12.7. The number of rotatable bonds is 2. The molecule has 2 aromatic rings. The Morgan fingerprint density at radius 2 is 1.03 bits per heavy atom. The lowest BCUT2D eigenvalue weighted by atomic mass is 10.2. The highest BCUT2D eigenvalue weighted by atomic mass is 35.5. The predicted molar refractivity (Wildman–Crippen MR) is 144 cm³/mol. The Morgan fingerprint density at radius 1 is 0.615 bits per heavy atom. The zero-order chi connectivity index (χ0) is 27.2. The van der Waals surface area contributed by atoms with Crippen LogP contribution in [0, 0.1) is 0 Å². The third kappa shape index (κ3) is 6.87. The second kappa shape index (κ2) is 12.8. The molecule has 39 heavy (non-hydrogen) atoms. The van der Waals surface area contributed by atoms with Crippen LogP contribution in [0.15, 0.2) is 58.7 Å². The quantitative estimate of drug-likeness (QED) is 0.494. The molecule has 206 valence electrons. The lowest BCUT2D eigenvalue weighted by Crippen LogP contribution is -2.31. The van der Waals surface area contributed by atoms with Crippen molar-refractivity contribution in [3.8, 4) is 0 Å². The summed E-state index contributed by atoms with van der Waals surface area (Å²) in [5, 5.41) is 13.2. The van der Waals surface area contributed by atoms with Gasteiger partial charge in [-0.25, -0.2) is 19.6 Å². The first kappa shape index (κ1) is 27.4. The van der Waals surface area contributed by atoms with Gasteiger partial charge >= 0.3 is 11.9 Å². The van der Waals surface area contributed by atoms with Crippen LogP contribution in [0.4, 0.5) is 11.4 Å². The molecule has 0 amide bonds. The molecule has 2 atom stereocenters. The second-order valence-corrected chi connectivity index (χ2v) is 9.55. The van der Waals surface area contributed by atoms with E-state index in [-0.39, 0.29) is 50.7 Å². The first-order chi connectivity index (χ1) is 19.0. The van der Waals surface area contributed by atoms with Crippen molar-refractivity contribution in [2.45, 2.75) is 25.3 Å². The third-order valence-electron chi connectivity index (χ3n) is 6.02. The number of halogens is 2. The minimum absolute atomic E-state index is 0.141. The summed E-state index contributed by atoms with van der Waals surface area (Å²) < 4.78 is 28.3. The average molecular weight is 577 g/mol. The van der Waals surface area contributed by atoms with Crippen LogP contribution in [-0.2, 0) is 33.3 Å². The number of ether oxygens (including phenoxy) is 5. The van der Waals surface area contributed by atoms with Crippen LogP contribution in [0.3, 0.4) is 0 Å². The molecule has 11 nitrogen and oxygen atoms in total. The molecule has 3 aliphatic rings. The number of carbonyl (C=O) groups excluding carboxylic acids is 2. The Balaban J connectivity index is 1.27. The number of hydrogen-bond acceptors (Lipinski definition) is 11. The molecule has 1 fully saturated rings. The molecule has 4 bridgehead atoms. The van der Waals surface area contributed by atoms with E-state index in [1.54, 1.807) is 58.5 Å². The molecule has 0 N–H and O–H groups in total. The summed E-state index contributed by atoms with van der Waals surface area (Å²) in [6, 6.07) is 14.1. The summed E-state index contributed by atoms with van der Waals surface area (Å²) in [6.45, 7) is 0.850. The molecule has 5 rings (SSSR count). The third-order valence-corrected chi connectivity index (χ3v) is 6.52. The van der Waals surface area contributed by atoms with E-state index in [0.29, 0.717) is 34.6 Å². The lowest BCUT2D eigenvalue weighted by Gasteiger charge is -2.24. The standard InChI is InChI=1S/C26H26Cl2N4O7/c27-17-1-5-19(6-2-17)31-23-15-21(29-31)25(33)38-13-14-39-26(34)22-16-24(37-12-10-35-9-11-36-23)32(30-22)20-7-3-18(28)4-8-20/h1-8,23-24H,9-16H2/t23-,24+. The SMILES string of the molecule is O=C1OCCOC(=O)C2=NN(c3ccc(Cl)cc3)[C@@H](C2)OCCOCCO[C@H]2CC1=NN2c1ccc(Cl)cc1. The molecular formula is C26H26Cl2N4O7. The smallest absolute Gasteiger partial charge is 0.354 e. The van der Waals surface area contributed by atoms with Crippen molar-refractivity contribution in [1.29, 1.82) is 0 Å². The Labute approximate surface area is 234 Å². The topological polar surface area (TPSA) is 111 Å². The average Bonchev–Trinajstić information content (AvgIpc) is 3.56. The van der Waals surface area contributed by atoms with Gasteiger partial charge in [-0.3, -0.25) is 0 Å². The molecule has 0 aromatic heterocycles. The number of nitrogens with zero attached hydrogens (tertiary/aromatic N) is 4. The summed E-state index contributed by atoms with van der Waals surface area (Å²) in [5.74, 6) is -1.24. The second-order valence-electron chi connectivity index (χ2n) is 8.68. The minimum atomic E-state index is -0.620. The van der Waals surface area contributed by atoms with Crippen LogP contribution in [-0.4, -0.2) is 75.5 Å². The molecule has 13 heteroatoms. The van der Waals surface area contributed by atoms with E-state index in [1.165, 1.54) is 0 Å². The van der Waals surface area contributed by atoms with E-state index in [1.807, 2.05) is 0 Å². The van der Waals surface area contributed by atoms with Gasteiger partial charge in [0.2, 0.25) is 0 Å². The summed E-state index contributed by atoms with van der Waals surface area (Å²) >= 11 is 12.0. The molecule has 3 aliphatic heterocycles. The van der Waals surface area contributed by atoms with Crippen LogP contribution in [0.5, 0.6) is 0 Å². The number of esters is 2. The van der Waals surface area contributed by atoms with Gasteiger partial charge in [0.25, 0.3) is 0 Å². The molecule has 0 radical (unpaired) electrons. The van der Waals surface area contributed by atoms with E-state index in [0.717, 1.165) is 0 Å². The first-order valence-electron chi connectivity index (χ1n) is 12.4. The van der Waals surface area contributed by atoms with Gasteiger partial charge in [0.05, 0.1) is 37.8 Å². The van der Waals surface area contributed by atoms with Crippen LogP contribution in [0.1, 0.15) is 12.8 Å². The van der Waals surface area contributed by atoms with E-state index in [2.05, 4.69) is 10.2 Å². The molecule has 0 saturated carbocycles. The number of cyclic esters (lactones) is 2. The van der Waals surface area contributed by atoms with Crippen molar-refractivity contribution < 1.29 is 33.3 Å². The van der Waals surface area contributed by atoms with Gasteiger partial charge in [-0.05, 0) is 48.5 Å². The fourth-order valence-electron chi connectivity index (χ4n) is 4.14. The van der Waals surface area contributed by atoms with Crippen LogP contribution in [0.2, 0.25) is 10.0 Å². The lowest BCUT2D eigenvalue weighted by molar-refractivity contribution is -0.143. The molecule has 0 aliphatic carbocycles. The maximum Gasteiger partial charge on any atom is 0.354 e. The van der Waals surface area contributed by atoms with Crippen molar-refractivity contribution in [3.63, 3.8) is 0 Å². The van der Waals surface area contributed by atoms with Gasteiger partial charge in [0, 0.05) is 22.9 Å². The van der Waals surface area contributed by atoms with E-state index >= 15 is 0 Å². The Morgan fingerprint density at radius 3 is 1.44 bits per heavy atom. The molecule has 0 spiro atoms. The molecule has 2 aromatic carbocycles. The monoisotopic (exact) mass is 576 g/mol. The van der Waals surface area contributed by atoms with Gasteiger partial charge in [-0.1, -0.05) is 23.2 Å². The number of anilines is 2. The summed E-state index contributed by atoms with van der Waals surface area (Å²) in [7, 11) is 0. The van der Waals surface area contributed by atoms with Crippen LogP contribution in [0.25, 0.3) is 0 Å². The summed E-state index contributed by atoms with van der Waals surface area (Å²) in [4.78, 5) is 25.4. The number of carbonyl (C=O) groups is 2. The number of fused-ring (bicyclic) bond motifs is 4. The molecule has 0 unspecified atom stereocenters. The molecular weight excluding hydrogens is 551 g/mol. The van der Waals surface area contributed by atoms with E-state index < -0.39 is 24.4 Å². The maximum absolute atomic E-state index is 12.7. The van der Waals surface area contributed by atoms with E-state index in [9.17, 15) is 9.59 Å². The Bertz CT molecular complexity index is 1140.